The van der Waals surface area contributed by atoms with E-state index in [1.807, 2.05) is 39.0 Å². The number of carbonyl (C=O) groups is 2. The lowest BCUT2D eigenvalue weighted by molar-refractivity contribution is -0.123. The third kappa shape index (κ3) is 7.14. The van der Waals surface area contributed by atoms with E-state index >= 15 is 0 Å². The van der Waals surface area contributed by atoms with Crippen LogP contribution in [0.15, 0.2) is 42.5 Å². The maximum atomic E-state index is 12.2. The summed E-state index contributed by atoms with van der Waals surface area (Å²) in [5.74, 6) is -0.351. The first-order valence-electron chi connectivity index (χ1n) is 9.03. The van der Waals surface area contributed by atoms with Gasteiger partial charge in [0.1, 0.15) is 12.3 Å². The van der Waals surface area contributed by atoms with Crippen molar-refractivity contribution < 1.29 is 27.5 Å². The number of carbonyl (C=O) groups excluding carboxylic acids is 2. The third-order valence-electron chi connectivity index (χ3n) is 4.03. The molecule has 0 unspecified atom stereocenters. The summed E-state index contributed by atoms with van der Waals surface area (Å²) < 4.78 is 42.1. The van der Waals surface area contributed by atoms with Gasteiger partial charge in [-0.05, 0) is 54.3 Å². The Labute approximate surface area is 167 Å². The first-order valence-corrected chi connectivity index (χ1v) is 9.03. The summed E-state index contributed by atoms with van der Waals surface area (Å²) in [5.41, 5.74) is 2.48. The van der Waals surface area contributed by atoms with Crippen LogP contribution < -0.4 is 15.4 Å². The van der Waals surface area contributed by atoms with Crippen LogP contribution in [0.2, 0.25) is 0 Å². The molecule has 0 saturated heterocycles. The Morgan fingerprint density at radius 1 is 1.07 bits per heavy atom. The van der Waals surface area contributed by atoms with E-state index in [1.165, 1.54) is 24.3 Å². The Morgan fingerprint density at radius 2 is 1.72 bits per heavy atom. The number of alkyl halides is 3. The number of anilines is 1. The highest BCUT2D eigenvalue weighted by molar-refractivity contribution is 5.96. The van der Waals surface area contributed by atoms with Crippen molar-refractivity contribution in [2.24, 2.45) is 0 Å². The smallest absolute Gasteiger partial charge is 0.405 e. The summed E-state index contributed by atoms with van der Waals surface area (Å²) in [6, 6.07) is 11.4. The number of halogens is 3. The highest BCUT2D eigenvalue weighted by Gasteiger charge is 2.27. The fourth-order valence-electron chi connectivity index (χ4n) is 2.57. The molecule has 0 radical (unpaired) electrons. The van der Waals surface area contributed by atoms with Gasteiger partial charge in [-0.15, -0.1) is 0 Å². The van der Waals surface area contributed by atoms with E-state index in [-0.39, 0.29) is 18.1 Å². The standard InChI is InChI=1S/C21H23F3N2O3/c1-13(2)17-9-4-14(3)10-18(17)29-11-19(27)26-16-7-5-15(6-8-16)20(28)25-12-21(22,23)24/h4-10,13H,11-12H2,1-3H3,(H,25,28)(H,26,27). The van der Waals surface area contributed by atoms with Gasteiger partial charge in [0.2, 0.25) is 0 Å². The number of benzene rings is 2. The van der Waals surface area contributed by atoms with Crippen LogP contribution >= 0.6 is 0 Å². The van der Waals surface area contributed by atoms with Gasteiger partial charge in [0.05, 0.1) is 0 Å². The molecule has 5 nitrogen and oxygen atoms in total. The van der Waals surface area contributed by atoms with Crippen molar-refractivity contribution in [2.75, 3.05) is 18.5 Å². The second-order valence-corrected chi connectivity index (χ2v) is 6.91. The Hall–Kier alpha value is -3.03. The van der Waals surface area contributed by atoms with Gasteiger partial charge in [-0.25, -0.2) is 0 Å². The lowest BCUT2D eigenvalue weighted by atomic mass is 10.0. The maximum Gasteiger partial charge on any atom is 0.405 e. The zero-order chi connectivity index (χ0) is 21.6. The van der Waals surface area contributed by atoms with Crippen molar-refractivity contribution in [1.82, 2.24) is 5.32 Å². The molecule has 0 aliphatic heterocycles. The largest absolute Gasteiger partial charge is 0.483 e. The van der Waals surface area contributed by atoms with Gasteiger partial charge in [0, 0.05) is 11.3 Å². The fraction of sp³-hybridized carbons (Fsp3) is 0.333. The molecule has 0 aliphatic rings. The number of amides is 2. The predicted octanol–water partition coefficient (Wildman–Crippen LogP) is 4.43. The number of aryl methyl sites for hydroxylation is 1. The molecular formula is C21H23F3N2O3. The van der Waals surface area contributed by atoms with E-state index in [4.69, 9.17) is 4.74 Å². The molecule has 0 fully saturated rings. The normalized spacial score (nSPS) is 11.3. The van der Waals surface area contributed by atoms with Gasteiger partial charge in [0.15, 0.2) is 6.61 Å². The van der Waals surface area contributed by atoms with Crippen molar-refractivity contribution in [2.45, 2.75) is 32.9 Å². The van der Waals surface area contributed by atoms with Gasteiger partial charge in [0.25, 0.3) is 11.8 Å². The molecule has 0 aromatic heterocycles. The molecule has 0 heterocycles. The number of nitrogens with one attached hydrogen (secondary N) is 2. The van der Waals surface area contributed by atoms with Crippen molar-refractivity contribution in [1.29, 1.82) is 0 Å². The van der Waals surface area contributed by atoms with Crippen LogP contribution in [0.4, 0.5) is 18.9 Å². The first-order chi connectivity index (χ1) is 13.5. The monoisotopic (exact) mass is 408 g/mol. The fourth-order valence-corrected chi connectivity index (χ4v) is 2.57. The Bertz CT molecular complexity index is 862. The summed E-state index contributed by atoms with van der Waals surface area (Å²) in [7, 11) is 0. The molecule has 29 heavy (non-hydrogen) atoms. The van der Waals surface area contributed by atoms with Gasteiger partial charge in [-0.3, -0.25) is 9.59 Å². The molecule has 8 heteroatoms. The molecule has 0 atom stereocenters. The molecular weight excluding hydrogens is 385 g/mol. The maximum absolute atomic E-state index is 12.2. The quantitative estimate of drug-likeness (QED) is 0.712. The Morgan fingerprint density at radius 3 is 2.31 bits per heavy atom. The van der Waals surface area contributed by atoms with Crippen LogP contribution in [-0.2, 0) is 4.79 Å². The second-order valence-electron chi connectivity index (χ2n) is 6.91. The summed E-state index contributed by atoms with van der Waals surface area (Å²) in [6.07, 6.45) is -4.48. The minimum atomic E-state index is -4.48. The lowest BCUT2D eigenvalue weighted by Gasteiger charge is -2.15. The summed E-state index contributed by atoms with van der Waals surface area (Å²) in [5, 5.41) is 4.41. The molecule has 2 aromatic carbocycles. The van der Waals surface area contributed by atoms with Crippen molar-refractivity contribution in [3.05, 3.63) is 59.2 Å². The van der Waals surface area contributed by atoms with Gasteiger partial charge in [-0.1, -0.05) is 26.0 Å². The van der Waals surface area contributed by atoms with Crippen LogP contribution in [0.5, 0.6) is 5.75 Å². The Kier molecular flexibility index (Phi) is 7.25. The van der Waals surface area contributed by atoms with Crippen LogP contribution in [0.1, 0.15) is 41.3 Å². The van der Waals surface area contributed by atoms with Gasteiger partial charge >= 0.3 is 6.18 Å². The summed E-state index contributed by atoms with van der Waals surface area (Å²) in [4.78, 5) is 23.8. The molecule has 2 rings (SSSR count). The minimum absolute atomic E-state index is 0.0600. The minimum Gasteiger partial charge on any atom is -0.483 e. The van der Waals surface area contributed by atoms with E-state index in [0.29, 0.717) is 11.4 Å². The zero-order valence-corrected chi connectivity index (χ0v) is 16.4. The van der Waals surface area contributed by atoms with Crippen molar-refractivity contribution >= 4 is 17.5 Å². The first kappa shape index (κ1) is 22.3. The number of ether oxygens (including phenoxy) is 1. The van der Waals surface area contributed by atoms with Gasteiger partial charge < -0.3 is 15.4 Å². The predicted molar refractivity (Wildman–Crippen MR) is 104 cm³/mol. The SMILES string of the molecule is Cc1ccc(C(C)C)c(OCC(=O)Nc2ccc(C(=O)NCC(F)(F)F)cc2)c1. The van der Waals surface area contributed by atoms with Crippen LogP contribution in [-0.4, -0.2) is 31.1 Å². The molecule has 2 aromatic rings. The van der Waals surface area contributed by atoms with Crippen LogP contribution in [0.3, 0.4) is 0 Å². The van der Waals surface area contributed by atoms with E-state index in [2.05, 4.69) is 5.32 Å². The Balaban J connectivity index is 1.91. The van der Waals surface area contributed by atoms with E-state index in [1.54, 1.807) is 5.32 Å². The molecule has 0 aliphatic carbocycles. The summed E-state index contributed by atoms with van der Waals surface area (Å²) in [6.45, 7) is 4.40. The highest BCUT2D eigenvalue weighted by Crippen LogP contribution is 2.27. The topological polar surface area (TPSA) is 67.4 Å². The zero-order valence-electron chi connectivity index (χ0n) is 16.4. The number of hydrogen-bond acceptors (Lipinski definition) is 3. The third-order valence-corrected chi connectivity index (χ3v) is 4.03. The van der Waals surface area contributed by atoms with Crippen LogP contribution in [0, 0.1) is 6.92 Å². The van der Waals surface area contributed by atoms with Crippen LogP contribution in [0.25, 0.3) is 0 Å². The number of hydrogen-bond donors (Lipinski definition) is 2. The molecule has 2 N–H and O–H groups in total. The lowest BCUT2D eigenvalue weighted by Crippen LogP contribution is -2.33. The van der Waals surface area contributed by atoms with Crippen molar-refractivity contribution in [3.63, 3.8) is 0 Å². The van der Waals surface area contributed by atoms with E-state index in [9.17, 15) is 22.8 Å². The van der Waals surface area contributed by atoms with E-state index in [0.717, 1.165) is 11.1 Å². The number of rotatable bonds is 7. The average Bonchev–Trinajstić information content (AvgIpc) is 2.64. The molecule has 0 bridgehead atoms. The molecule has 0 spiro atoms. The molecule has 0 saturated carbocycles. The van der Waals surface area contributed by atoms with Gasteiger partial charge in [-0.2, -0.15) is 13.2 Å². The summed E-state index contributed by atoms with van der Waals surface area (Å²) >= 11 is 0. The average molecular weight is 408 g/mol. The van der Waals surface area contributed by atoms with E-state index < -0.39 is 24.5 Å². The highest BCUT2D eigenvalue weighted by atomic mass is 19.4. The van der Waals surface area contributed by atoms with Crippen molar-refractivity contribution in [3.8, 4) is 5.75 Å². The second kappa shape index (κ2) is 9.45. The molecule has 2 amide bonds. The molecule has 156 valence electrons.